The smallest absolute Gasteiger partial charge is 0.226 e. The molecule has 5 nitrogen and oxygen atoms in total. The van der Waals surface area contributed by atoms with Crippen LogP contribution in [0.15, 0.2) is 0 Å². The number of halogens is 1. The zero-order valence-electron chi connectivity index (χ0n) is 9.66. The topological polar surface area (TPSA) is 80.3 Å². The van der Waals surface area contributed by atoms with E-state index in [1.807, 2.05) is 13.8 Å². The van der Waals surface area contributed by atoms with Crippen LogP contribution in [0.2, 0.25) is 0 Å². The van der Waals surface area contributed by atoms with Crippen LogP contribution in [-0.4, -0.2) is 40.1 Å². The summed E-state index contributed by atoms with van der Waals surface area (Å²) in [5.74, 6) is 0. The van der Waals surface area contributed by atoms with Gasteiger partial charge in [-0.15, -0.1) is 0 Å². The van der Waals surface area contributed by atoms with Gasteiger partial charge in [0.15, 0.2) is 14.9 Å². The molecule has 98 valence electrons. The SMILES string of the molecule is CC(C)(CCBr)CNS(=O)(=O)CS(C)(=O)=O. The van der Waals surface area contributed by atoms with Crippen molar-refractivity contribution in [3.63, 3.8) is 0 Å². The number of sulfone groups is 1. The molecule has 0 aliphatic carbocycles. The van der Waals surface area contributed by atoms with Crippen molar-refractivity contribution < 1.29 is 16.8 Å². The normalized spacial score (nSPS) is 14.0. The van der Waals surface area contributed by atoms with Crippen LogP contribution >= 0.6 is 15.9 Å². The Morgan fingerprint density at radius 1 is 1.19 bits per heavy atom. The van der Waals surface area contributed by atoms with Gasteiger partial charge in [0.25, 0.3) is 0 Å². The van der Waals surface area contributed by atoms with Crippen LogP contribution in [0.1, 0.15) is 20.3 Å². The molecular formula is C8H18BrNO4S2. The fourth-order valence-corrected chi connectivity index (χ4v) is 5.25. The van der Waals surface area contributed by atoms with Crippen molar-refractivity contribution in [2.75, 3.05) is 23.2 Å². The fourth-order valence-electron chi connectivity index (χ4n) is 0.973. The molecule has 0 rings (SSSR count). The van der Waals surface area contributed by atoms with Crippen molar-refractivity contribution >= 4 is 35.8 Å². The largest absolute Gasteiger partial charge is 0.228 e. The summed E-state index contributed by atoms with van der Waals surface area (Å²) in [6.45, 7) is 4.06. The molecule has 16 heavy (non-hydrogen) atoms. The van der Waals surface area contributed by atoms with Crippen LogP contribution in [0.4, 0.5) is 0 Å². The van der Waals surface area contributed by atoms with E-state index in [0.717, 1.165) is 18.0 Å². The average molecular weight is 336 g/mol. The Balaban J connectivity index is 4.41. The summed E-state index contributed by atoms with van der Waals surface area (Å²) < 4.78 is 46.8. The molecule has 0 saturated carbocycles. The fraction of sp³-hybridized carbons (Fsp3) is 1.00. The lowest BCUT2D eigenvalue weighted by Gasteiger charge is -2.23. The third-order valence-corrected chi connectivity index (χ3v) is 5.85. The number of alkyl halides is 1. The van der Waals surface area contributed by atoms with Gasteiger partial charge in [-0.25, -0.2) is 21.6 Å². The Morgan fingerprint density at radius 3 is 2.06 bits per heavy atom. The maximum Gasteiger partial charge on any atom is 0.226 e. The van der Waals surface area contributed by atoms with Gasteiger partial charge in [-0.1, -0.05) is 29.8 Å². The van der Waals surface area contributed by atoms with Crippen molar-refractivity contribution in [2.24, 2.45) is 5.41 Å². The van der Waals surface area contributed by atoms with Gasteiger partial charge in [-0.05, 0) is 11.8 Å². The molecular weight excluding hydrogens is 318 g/mol. The lowest BCUT2D eigenvalue weighted by molar-refractivity contribution is 0.354. The van der Waals surface area contributed by atoms with Crippen LogP contribution in [0.5, 0.6) is 0 Å². The van der Waals surface area contributed by atoms with E-state index in [0.29, 0.717) is 0 Å². The molecule has 0 spiro atoms. The summed E-state index contributed by atoms with van der Waals surface area (Å²) in [4.78, 5) is 0. The van der Waals surface area contributed by atoms with Crippen molar-refractivity contribution in [1.82, 2.24) is 4.72 Å². The van der Waals surface area contributed by atoms with Crippen molar-refractivity contribution in [3.8, 4) is 0 Å². The average Bonchev–Trinajstić information content (AvgIpc) is 1.97. The summed E-state index contributed by atoms with van der Waals surface area (Å²) in [5, 5.41) is -0.0851. The molecule has 0 saturated heterocycles. The molecule has 0 unspecified atom stereocenters. The predicted octanol–water partition coefficient (Wildman–Crippen LogP) is 0.719. The van der Waals surface area contributed by atoms with E-state index in [1.54, 1.807) is 0 Å². The van der Waals surface area contributed by atoms with Crippen molar-refractivity contribution in [3.05, 3.63) is 0 Å². The van der Waals surface area contributed by atoms with Gasteiger partial charge in [0, 0.05) is 18.1 Å². The molecule has 0 aliphatic heterocycles. The molecule has 0 aliphatic rings. The molecule has 0 bridgehead atoms. The van der Waals surface area contributed by atoms with Crippen LogP contribution in [0, 0.1) is 5.41 Å². The van der Waals surface area contributed by atoms with Gasteiger partial charge in [0.05, 0.1) is 0 Å². The first-order chi connectivity index (χ1) is 6.97. The Kier molecular flexibility index (Phi) is 5.91. The van der Waals surface area contributed by atoms with E-state index in [1.165, 1.54) is 0 Å². The van der Waals surface area contributed by atoms with E-state index < -0.39 is 24.9 Å². The Hall–Kier alpha value is 0.340. The zero-order valence-corrected chi connectivity index (χ0v) is 12.9. The van der Waals surface area contributed by atoms with Gasteiger partial charge >= 0.3 is 0 Å². The maximum atomic E-state index is 11.4. The highest BCUT2D eigenvalue weighted by molar-refractivity contribution is 9.09. The molecule has 0 atom stereocenters. The van der Waals surface area contributed by atoms with Gasteiger partial charge in [0.2, 0.25) is 10.0 Å². The number of rotatable bonds is 7. The predicted molar refractivity (Wildman–Crippen MR) is 68.8 cm³/mol. The Labute approximate surface area is 106 Å². The van der Waals surface area contributed by atoms with Crippen molar-refractivity contribution in [2.45, 2.75) is 20.3 Å². The minimum atomic E-state index is -3.74. The van der Waals surface area contributed by atoms with E-state index in [9.17, 15) is 16.8 Å². The first-order valence-corrected chi connectivity index (χ1v) is 9.52. The molecule has 0 aromatic carbocycles. The van der Waals surface area contributed by atoms with Gasteiger partial charge < -0.3 is 0 Å². The summed E-state index contributed by atoms with van der Waals surface area (Å²) in [7, 11) is -7.27. The molecule has 1 N–H and O–H groups in total. The van der Waals surface area contributed by atoms with Gasteiger partial charge in [-0.2, -0.15) is 0 Å². The number of hydrogen-bond acceptors (Lipinski definition) is 4. The third-order valence-electron chi connectivity index (χ3n) is 1.91. The van der Waals surface area contributed by atoms with Crippen LogP contribution in [0.3, 0.4) is 0 Å². The first-order valence-electron chi connectivity index (χ1n) is 4.68. The molecule has 8 heteroatoms. The van der Waals surface area contributed by atoms with Crippen LogP contribution in [-0.2, 0) is 19.9 Å². The van der Waals surface area contributed by atoms with E-state index in [-0.39, 0.29) is 12.0 Å². The highest BCUT2D eigenvalue weighted by atomic mass is 79.9. The molecule has 0 amide bonds. The van der Waals surface area contributed by atoms with Gasteiger partial charge in [0.1, 0.15) is 0 Å². The molecule has 0 radical (unpaired) electrons. The minimum absolute atomic E-state index is 0.200. The van der Waals surface area contributed by atoms with E-state index in [4.69, 9.17) is 0 Å². The number of nitrogens with one attached hydrogen (secondary N) is 1. The molecule has 0 fully saturated rings. The lowest BCUT2D eigenvalue weighted by atomic mass is 9.91. The van der Waals surface area contributed by atoms with E-state index in [2.05, 4.69) is 20.7 Å². The second-order valence-corrected chi connectivity index (χ2v) is 9.69. The second-order valence-electron chi connectivity index (χ2n) is 4.58. The molecule has 0 heterocycles. The quantitative estimate of drug-likeness (QED) is 0.695. The van der Waals surface area contributed by atoms with Crippen LogP contribution in [0.25, 0.3) is 0 Å². The van der Waals surface area contributed by atoms with E-state index >= 15 is 0 Å². The van der Waals surface area contributed by atoms with Gasteiger partial charge in [-0.3, -0.25) is 0 Å². The van der Waals surface area contributed by atoms with Crippen LogP contribution < -0.4 is 4.72 Å². The van der Waals surface area contributed by atoms with Crippen molar-refractivity contribution in [1.29, 1.82) is 0 Å². The third kappa shape index (κ3) is 8.49. The summed E-state index contributed by atoms with van der Waals surface area (Å²) in [6.07, 6.45) is 1.70. The standard InChI is InChI=1S/C8H18BrNO4S2/c1-8(2,4-5-9)6-10-16(13,14)7-15(3,11)12/h10H,4-7H2,1-3H3. The number of sulfonamides is 1. The zero-order chi connectivity index (χ0) is 13.0. The first kappa shape index (κ1) is 16.3. The Morgan fingerprint density at radius 2 is 1.69 bits per heavy atom. The summed E-state index contributed by atoms with van der Waals surface area (Å²) in [6, 6.07) is 0. The molecule has 0 aromatic rings. The number of hydrogen-bond donors (Lipinski definition) is 1. The molecule has 0 aromatic heterocycles. The monoisotopic (exact) mass is 335 g/mol. The minimum Gasteiger partial charge on any atom is -0.228 e. The summed E-state index contributed by atoms with van der Waals surface area (Å²) in [5.41, 5.74) is -0.200. The highest BCUT2D eigenvalue weighted by Crippen LogP contribution is 2.20. The Bertz CT molecular complexity index is 413. The maximum absolute atomic E-state index is 11.4. The summed E-state index contributed by atoms with van der Waals surface area (Å²) >= 11 is 3.28. The second kappa shape index (κ2) is 5.79. The lowest BCUT2D eigenvalue weighted by Crippen LogP contribution is -2.37. The highest BCUT2D eigenvalue weighted by Gasteiger charge is 2.23.